The summed E-state index contributed by atoms with van der Waals surface area (Å²) in [4.78, 5) is 14.7. The Morgan fingerprint density at radius 2 is 1.86 bits per heavy atom. The second-order valence-corrected chi connectivity index (χ2v) is 9.13. The predicted molar refractivity (Wildman–Crippen MR) is 112 cm³/mol. The van der Waals surface area contributed by atoms with E-state index in [1.54, 1.807) is 17.0 Å². The zero-order valence-electron chi connectivity index (χ0n) is 16.8. The molecule has 0 aliphatic carbocycles. The first-order valence-electron chi connectivity index (χ1n) is 9.58. The summed E-state index contributed by atoms with van der Waals surface area (Å²) in [6, 6.07) is 16.0. The van der Waals surface area contributed by atoms with Crippen molar-refractivity contribution in [3.05, 3.63) is 69.9 Å². The van der Waals surface area contributed by atoms with Crippen LogP contribution in [0.5, 0.6) is 0 Å². The standard InChI is InChI=1S/C23H24BrFN2O2/c1-16(17-4-8-19(24)9-5-17)27-13-12-23(29-21(27)28,14-22(2,3)15-26)18-6-10-20(25)11-7-18/h4-11,16H,12-14H2,1-3H3/t16-,23+/m0/s1. The van der Waals surface area contributed by atoms with E-state index in [0.29, 0.717) is 24.9 Å². The zero-order chi connectivity index (χ0) is 21.2. The summed E-state index contributed by atoms with van der Waals surface area (Å²) in [5.74, 6) is -0.351. The number of hydrogen-bond acceptors (Lipinski definition) is 3. The van der Waals surface area contributed by atoms with Crippen molar-refractivity contribution in [2.75, 3.05) is 6.54 Å². The van der Waals surface area contributed by atoms with Crippen molar-refractivity contribution in [3.8, 4) is 6.07 Å². The van der Waals surface area contributed by atoms with Crippen molar-refractivity contribution in [1.82, 2.24) is 4.90 Å². The molecule has 1 saturated heterocycles. The van der Waals surface area contributed by atoms with Crippen molar-refractivity contribution in [2.24, 2.45) is 5.41 Å². The van der Waals surface area contributed by atoms with Gasteiger partial charge >= 0.3 is 6.09 Å². The molecule has 1 aliphatic rings. The molecule has 0 spiro atoms. The molecule has 0 unspecified atom stereocenters. The topological polar surface area (TPSA) is 53.3 Å². The van der Waals surface area contributed by atoms with Crippen LogP contribution in [0.4, 0.5) is 9.18 Å². The molecule has 1 fully saturated rings. The number of amides is 1. The molecule has 1 amide bonds. The third-order valence-corrected chi connectivity index (χ3v) is 6.02. The van der Waals surface area contributed by atoms with Gasteiger partial charge in [0.1, 0.15) is 11.4 Å². The molecule has 2 aromatic carbocycles. The highest BCUT2D eigenvalue weighted by Gasteiger charge is 2.46. The maximum atomic E-state index is 13.5. The fourth-order valence-corrected chi connectivity index (χ4v) is 4.14. The summed E-state index contributed by atoms with van der Waals surface area (Å²) < 4.78 is 20.5. The zero-order valence-corrected chi connectivity index (χ0v) is 18.4. The molecule has 0 bridgehead atoms. The number of halogens is 2. The average Bonchev–Trinajstić information content (AvgIpc) is 2.68. The summed E-state index contributed by atoms with van der Waals surface area (Å²) in [7, 11) is 0. The normalized spacial score (nSPS) is 20.7. The van der Waals surface area contributed by atoms with Gasteiger partial charge in [-0.05, 0) is 56.2 Å². The van der Waals surface area contributed by atoms with Crippen LogP contribution in [-0.2, 0) is 10.3 Å². The summed E-state index contributed by atoms with van der Waals surface area (Å²) in [5, 5.41) is 9.54. The molecule has 0 saturated carbocycles. The minimum atomic E-state index is -0.958. The van der Waals surface area contributed by atoms with Crippen molar-refractivity contribution in [1.29, 1.82) is 5.26 Å². The van der Waals surface area contributed by atoms with Crippen LogP contribution in [0.2, 0.25) is 0 Å². The van der Waals surface area contributed by atoms with Crippen molar-refractivity contribution in [2.45, 2.75) is 45.3 Å². The first kappa shape index (κ1) is 21.3. The first-order valence-corrected chi connectivity index (χ1v) is 10.4. The molecule has 1 heterocycles. The Morgan fingerprint density at radius 3 is 2.41 bits per heavy atom. The van der Waals surface area contributed by atoms with Crippen LogP contribution in [0.15, 0.2) is 53.0 Å². The maximum absolute atomic E-state index is 13.5. The lowest BCUT2D eigenvalue weighted by atomic mass is 9.75. The maximum Gasteiger partial charge on any atom is 0.411 e. The average molecular weight is 459 g/mol. The number of carbonyl (C=O) groups is 1. The molecule has 29 heavy (non-hydrogen) atoms. The second-order valence-electron chi connectivity index (χ2n) is 8.21. The van der Waals surface area contributed by atoms with E-state index in [2.05, 4.69) is 22.0 Å². The van der Waals surface area contributed by atoms with Gasteiger partial charge in [0.2, 0.25) is 0 Å². The smallest absolute Gasteiger partial charge is 0.411 e. The Labute approximate surface area is 179 Å². The van der Waals surface area contributed by atoms with E-state index >= 15 is 0 Å². The number of benzene rings is 2. The monoisotopic (exact) mass is 458 g/mol. The third kappa shape index (κ3) is 4.62. The summed E-state index contributed by atoms with van der Waals surface area (Å²) in [6.45, 7) is 6.09. The van der Waals surface area contributed by atoms with Crippen LogP contribution in [0.3, 0.4) is 0 Å². The molecule has 6 heteroatoms. The molecule has 3 rings (SSSR count). The van der Waals surface area contributed by atoms with E-state index in [-0.39, 0.29) is 11.9 Å². The molecule has 2 atom stereocenters. The van der Waals surface area contributed by atoms with Gasteiger partial charge < -0.3 is 9.64 Å². The molecule has 2 aromatic rings. The molecule has 152 valence electrons. The lowest BCUT2D eigenvalue weighted by molar-refractivity contribution is -0.0770. The summed E-state index contributed by atoms with van der Waals surface area (Å²) >= 11 is 3.42. The van der Waals surface area contributed by atoms with E-state index in [1.165, 1.54) is 12.1 Å². The first-order chi connectivity index (χ1) is 13.7. The highest BCUT2D eigenvalue weighted by atomic mass is 79.9. The van der Waals surface area contributed by atoms with Gasteiger partial charge in [0.05, 0.1) is 17.5 Å². The Bertz CT molecular complexity index is 921. The number of carbonyl (C=O) groups excluding carboxylic acids is 1. The molecular weight excluding hydrogens is 435 g/mol. The largest absolute Gasteiger partial charge is 0.438 e. The van der Waals surface area contributed by atoms with Gasteiger partial charge in [-0.2, -0.15) is 5.26 Å². The van der Waals surface area contributed by atoms with Crippen LogP contribution in [-0.4, -0.2) is 17.5 Å². The molecular formula is C23H24BrFN2O2. The van der Waals surface area contributed by atoms with E-state index in [1.807, 2.05) is 45.0 Å². The molecule has 0 N–H and O–H groups in total. The van der Waals surface area contributed by atoms with Gasteiger partial charge in [0, 0.05) is 23.9 Å². The van der Waals surface area contributed by atoms with Crippen LogP contribution >= 0.6 is 15.9 Å². The van der Waals surface area contributed by atoms with Gasteiger partial charge in [0.15, 0.2) is 0 Å². The summed E-state index contributed by atoms with van der Waals surface area (Å²) in [6.07, 6.45) is 0.440. The van der Waals surface area contributed by atoms with Gasteiger partial charge in [-0.1, -0.05) is 40.2 Å². The van der Waals surface area contributed by atoms with Gasteiger partial charge in [-0.25, -0.2) is 9.18 Å². The Kier molecular flexibility index (Phi) is 6.00. The summed E-state index contributed by atoms with van der Waals surface area (Å²) in [5.41, 5.74) is 0.0667. The minimum absolute atomic E-state index is 0.147. The van der Waals surface area contributed by atoms with E-state index in [9.17, 15) is 14.4 Å². The molecule has 1 aliphatic heterocycles. The van der Waals surface area contributed by atoms with Gasteiger partial charge in [-0.3, -0.25) is 0 Å². The van der Waals surface area contributed by atoms with Crippen LogP contribution in [0.25, 0.3) is 0 Å². The third-order valence-electron chi connectivity index (χ3n) is 5.49. The van der Waals surface area contributed by atoms with E-state index in [4.69, 9.17) is 4.74 Å². The van der Waals surface area contributed by atoms with Gasteiger partial charge in [0.25, 0.3) is 0 Å². The lowest BCUT2D eigenvalue weighted by Crippen LogP contribution is -2.50. The lowest BCUT2D eigenvalue weighted by Gasteiger charge is -2.45. The fourth-order valence-electron chi connectivity index (χ4n) is 3.88. The number of nitrogens with zero attached hydrogens (tertiary/aromatic N) is 2. The Hall–Kier alpha value is -2.39. The van der Waals surface area contributed by atoms with Crippen LogP contribution in [0, 0.1) is 22.6 Å². The van der Waals surface area contributed by atoms with E-state index in [0.717, 1.165) is 10.0 Å². The quantitative estimate of drug-likeness (QED) is 0.525. The van der Waals surface area contributed by atoms with Crippen LogP contribution in [0.1, 0.15) is 50.8 Å². The highest BCUT2D eigenvalue weighted by molar-refractivity contribution is 9.10. The van der Waals surface area contributed by atoms with E-state index < -0.39 is 17.1 Å². The minimum Gasteiger partial charge on any atom is -0.438 e. The van der Waals surface area contributed by atoms with Crippen molar-refractivity contribution >= 4 is 22.0 Å². The second kappa shape index (κ2) is 8.16. The Morgan fingerprint density at radius 1 is 1.24 bits per heavy atom. The molecule has 0 radical (unpaired) electrons. The number of cyclic esters (lactones) is 1. The Balaban J connectivity index is 1.89. The number of ether oxygens (including phenoxy) is 1. The number of hydrogen-bond donors (Lipinski definition) is 0. The molecule has 4 nitrogen and oxygen atoms in total. The van der Waals surface area contributed by atoms with Crippen LogP contribution < -0.4 is 0 Å². The predicted octanol–water partition coefficient (Wildman–Crippen LogP) is 6.33. The number of nitriles is 1. The number of rotatable bonds is 5. The van der Waals surface area contributed by atoms with Crippen molar-refractivity contribution < 1.29 is 13.9 Å². The SMILES string of the molecule is C[C@@H](c1ccc(Br)cc1)N1CC[C@@](CC(C)(C)C#N)(c2ccc(F)cc2)OC1=O. The van der Waals surface area contributed by atoms with Crippen molar-refractivity contribution in [3.63, 3.8) is 0 Å². The fraction of sp³-hybridized carbons (Fsp3) is 0.391. The molecule has 0 aromatic heterocycles. The van der Waals surface area contributed by atoms with Gasteiger partial charge in [-0.15, -0.1) is 0 Å². The highest BCUT2D eigenvalue weighted by Crippen LogP contribution is 2.44.